The van der Waals surface area contributed by atoms with Gasteiger partial charge in [0.05, 0.1) is 16.6 Å². The molecule has 0 fully saturated rings. The Balaban J connectivity index is 0.000000244. The predicted molar refractivity (Wildman–Crippen MR) is 490 cm³/mol. The van der Waals surface area contributed by atoms with E-state index >= 15 is 0 Å². The fourth-order valence-electron chi connectivity index (χ4n) is 13.6. The van der Waals surface area contributed by atoms with E-state index in [0.717, 1.165) is 33.4 Å². The molecule has 0 spiro atoms. The van der Waals surface area contributed by atoms with Gasteiger partial charge in [-0.05, 0) is 148 Å². The van der Waals surface area contributed by atoms with Crippen molar-refractivity contribution >= 4 is 33.3 Å². The zero-order valence-electron chi connectivity index (χ0n) is 79.2. The molecule has 0 atom stereocenters. The van der Waals surface area contributed by atoms with Crippen LogP contribution in [0.4, 0.5) is 0 Å². The SMILES string of the molecule is CC(C)(C)c1cc(C(C)(C)C)c(=O)c2nc3c([O-])c(C(C)(C)C)cc(C(C)(C)C)c3oc1-2.CC(C)(C)c1cc(C(C)(C)C)c(=O)c2nc3c([O-])c(C(C)(C)C)cc(C(C)(C)C)c3oc1-2.CC(C)(C)c1cc(C(C)(C)C)c(=O)c2nc3c([O-])c(C(C)(C)C)cc(C(C)(C)C)c3oc1-2.[Am].c1ccncc1.c1ccncc1.c1ccncc1.c1ccncc1. The largest absolute Gasteiger partial charge is 0.871 e. The topological polar surface area (TPSA) is 250 Å². The molecule has 3 aliphatic carbocycles. The maximum Gasteiger partial charge on any atom is 0.211 e. The van der Waals surface area contributed by atoms with Crippen molar-refractivity contribution in [3.05, 3.63) is 256 Å². The summed E-state index contributed by atoms with van der Waals surface area (Å²) in [6.07, 6.45) is 14.0. The molecule has 0 amide bonds. The maximum atomic E-state index is 13.5. The first-order valence-corrected chi connectivity index (χ1v) is 41.7. The Labute approximate surface area is 728 Å². The zero-order valence-corrected chi connectivity index (χ0v) is 82.3. The maximum absolute atomic E-state index is 13.5. The standard InChI is InChI=1S/3C28H39NO3.4C5H5N.Am/c3*1-25(2,3)15-13-17(27(7,8)9)23-19(21(15)30)29-20-22(31)16(26(4,5)6)14-18(24(20)32-23)28(10,11)12;4*1-2-4-6-5-3-1;/h3*13-14,30H,1-12H3;4*1-5H;/p-3. The van der Waals surface area contributed by atoms with Gasteiger partial charge in [-0.25, -0.2) is 15.0 Å². The van der Waals surface area contributed by atoms with Crippen LogP contribution in [0.3, 0.4) is 0 Å². The van der Waals surface area contributed by atoms with Gasteiger partial charge in [0.2, 0.25) is 16.3 Å². The van der Waals surface area contributed by atoms with Crippen LogP contribution in [0.15, 0.2) is 186 Å². The molecular formula is C104H134AmN7O9-3. The number of hydrogen-bond acceptors (Lipinski definition) is 16. The van der Waals surface area contributed by atoms with Crippen molar-refractivity contribution in [2.45, 2.75) is 314 Å². The van der Waals surface area contributed by atoms with Crippen molar-refractivity contribution in [3.63, 3.8) is 0 Å². The minimum atomic E-state index is -0.355. The van der Waals surface area contributed by atoms with E-state index in [1.807, 2.05) is 234 Å². The van der Waals surface area contributed by atoms with Gasteiger partial charge in [0.1, 0.15) is 0 Å². The number of aromatic nitrogens is 7. The summed E-state index contributed by atoms with van der Waals surface area (Å²) < 4.78 is 19.5. The number of fused-ring (bicyclic) bond motifs is 6. The summed E-state index contributed by atoms with van der Waals surface area (Å²) >= 11 is 0. The molecule has 0 N–H and O–H groups in total. The van der Waals surface area contributed by atoms with Crippen LogP contribution in [0.2, 0.25) is 0 Å². The molecule has 16 nitrogen and oxygen atoms in total. The fraction of sp³-hybridized carbons (Fsp3) is 0.462. The van der Waals surface area contributed by atoms with Gasteiger partial charge in [-0.2, -0.15) is 0 Å². The summed E-state index contributed by atoms with van der Waals surface area (Å²) in [7, 11) is 0. The molecule has 0 unspecified atom stereocenters. The molecule has 17 heteroatoms. The first-order chi connectivity index (χ1) is 54.7. The van der Waals surface area contributed by atoms with Crippen LogP contribution in [0, 0.1) is 14.3 Å². The van der Waals surface area contributed by atoms with E-state index in [9.17, 15) is 29.7 Å². The van der Waals surface area contributed by atoms with Crippen LogP contribution >= 0.6 is 0 Å². The van der Waals surface area contributed by atoms with E-state index in [0.29, 0.717) is 67.4 Å². The van der Waals surface area contributed by atoms with Crippen LogP contribution in [0.5, 0.6) is 17.2 Å². The average molecular weight is 1870 g/mol. The van der Waals surface area contributed by atoms with E-state index in [2.05, 4.69) is 145 Å². The van der Waals surface area contributed by atoms with Gasteiger partial charge in [-0.1, -0.05) is 309 Å². The van der Waals surface area contributed by atoms with Gasteiger partial charge >= 0.3 is 0 Å². The summed E-state index contributed by atoms with van der Waals surface area (Å²) in [5.74, 6) is 0.960. The van der Waals surface area contributed by atoms with E-state index in [-0.39, 0.29) is 146 Å². The van der Waals surface area contributed by atoms with Crippen molar-refractivity contribution in [3.8, 4) is 51.6 Å². The van der Waals surface area contributed by atoms with E-state index in [1.54, 1.807) is 49.6 Å². The second-order valence-electron chi connectivity index (χ2n) is 43.6. The summed E-state index contributed by atoms with van der Waals surface area (Å²) in [5.41, 5.74) is 8.42. The number of pyridine rings is 4. The van der Waals surface area contributed by atoms with Gasteiger partial charge in [-0.3, -0.25) is 34.3 Å². The minimum Gasteiger partial charge on any atom is -0.871 e. The molecule has 121 heavy (non-hydrogen) atoms. The Morgan fingerprint density at radius 1 is 0.215 bits per heavy atom. The Morgan fingerprint density at radius 3 is 0.488 bits per heavy atom. The molecule has 0 saturated heterocycles. The monoisotopic (exact) mass is 1870 g/mol. The molecule has 1 radical (unpaired) electrons. The van der Waals surface area contributed by atoms with Gasteiger partial charge in [0.15, 0.2) is 51.1 Å². The normalized spacial score (nSPS) is 12.6. The number of nitrogens with zero attached hydrogens (tertiary/aromatic N) is 7. The zero-order chi connectivity index (χ0) is 90.8. The molecule has 0 saturated carbocycles. The Morgan fingerprint density at radius 2 is 0.364 bits per heavy atom. The average Bonchev–Trinajstić information content (AvgIpc) is 0.732. The third-order valence-electron chi connectivity index (χ3n) is 20.5. The molecule has 13 rings (SSSR count). The Hall–Kier alpha value is -10.1. The second kappa shape index (κ2) is 36.9. The smallest absolute Gasteiger partial charge is 0.211 e. The quantitative estimate of drug-likeness (QED) is 0.128. The van der Waals surface area contributed by atoms with Gasteiger partial charge in [0.25, 0.3) is 0 Å². The molecule has 3 aliphatic heterocycles. The number of hydrogen-bond donors (Lipinski definition) is 0. The van der Waals surface area contributed by atoms with Crippen molar-refractivity contribution in [1.29, 1.82) is 0 Å². The van der Waals surface area contributed by atoms with E-state index in [1.165, 1.54) is 0 Å². The molecule has 7 heterocycles. The van der Waals surface area contributed by atoms with Gasteiger partial charge in [0, 0.05) is 114 Å². The van der Waals surface area contributed by atoms with Gasteiger partial charge < -0.3 is 28.6 Å². The minimum absolute atomic E-state index is 0. The molecule has 7 aromatic rings. The van der Waals surface area contributed by atoms with Crippen LogP contribution in [-0.4, -0.2) is 34.9 Å². The van der Waals surface area contributed by atoms with E-state index < -0.39 is 0 Å². The summed E-state index contributed by atoms with van der Waals surface area (Å²) in [6.45, 7) is 74.2. The van der Waals surface area contributed by atoms with Crippen LogP contribution in [-0.2, 0) is 65.0 Å². The summed E-state index contributed by atoms with van der Waals surface area (Å²) in [4.78, 5) is 70.0. The van der Waals surface area contributed by atoms with Crippen LogP contribution in [0.1, 0.15) is 316 Å². The summed E-state index contributed by atoms with van der Waals surface area (Å²) in [5, 5.41) is 40.6. The van der Waals surface area contributed by atoms with Crippen molar-refractivity contribution in [1.82, 2.24) is 34.9 Å². The predicted octanol–water partition coefficient (Wildman–Crippen LogP) is 24.0. The first-order valence-electron chi connectivity index (χ1n) is 41.7. The van der Waals surface area contributed by atoms with Gasteiger partial charge in [-0.15, -0.1) is 0 Å². The molecule has 4 aromatic heterocycles. The second-order valence-corrected chi connectivity index (χ2v) is 43.6. The Bertz CT molecular complexity index is 5050. The van der Waals surface area contributed by atoms with E-state index in [4.69, 9.17) is 28.2 Å². The third kappa shape index (κ3) is 24.2. The van der Waals surface area contributed by atoms with Crippen molar-refractivity contribution in [2.24, 2.45) is 0 Å². The van der Waals surface area contributed by atoms with Crippen molar-refractivity contribution in [2.75, 3.05) is 0 Å². The van der Waals surface area contributed by atoms with Crippen molar-refractivity contribution < 1.29 is 42.9 Å². The fourth-order valence-corrected chi connectivity index (χ4v) is 13.6. The molecule has 3 aromatic carbocycles. The molecule has 649 valence electrons. The van der Waals surface area contributed by atoms with Crippen LogP contribution < -0.4 is 31.6 Å². The number of rotatable bonds is 0. The molecule has 0 bridgehead atoms. The van der Waals surface area contributed by atoms with Crippen LogP contribution in [0.25, 0.3) is 67.7 Å². The molecular weight excluding hydrogens is 1730 g/mol. The summed E-state index contributed by atoms with van der Waals surface area (Å²) in [6, 6.07) is 34.7. The molecule has 6 aliphatic rings. The number of benzene rings is 6. The Kier molecular flexibility index (Phi) is 30.4. The third-order valence-corrected chi connectivity index (χ3v) is 20.5. The first kappa shape index (κ1) is 99.7.